The number of benzene rings is 1. The van der Waals surface area contributed by atoms with Gasteiger partial charge in [-0.25, -0.2) is 8.78 Å². The lowest BCUT2D eigenvalue weighted by molar-refractivity contribution is -0.125. The minimum Gasteiger partial charge on any atom is -0.299 e. The maximum Gasteiger partial charge on any atom is 0.173 e. The highest BCUT2D eigenvalue weighted by molar-refractivity contribution is 6.09. The highest BCUT2D eigenvalue weighted by Gasteiger charge is 2.25. The summed E-state index contributed by atoms with van der Waals surface area (Å²) >= 11 is 0. The van der Waals surface area contributed by atoms with Crippen LogP contribution in [0.3, 0.4) is 0 Å². The molecule has 0 heterocycles. The molecular formula is C14H16F2O2. The molecule has 0 aromatic heterocycles. The van der Waals surface area contributed by atoms with Crippen molar-refractivity contribution in [1.82, 2.24) is 0 Å². The van der Waals surface area contributed by atoms with Gasteiger partial charge in [-0.05, 0) is 24.6 Å². The van der Waals surface area contributed by atoms with Crippen molar-refractivity contribution in [1.29, 1.82) is 0 Å². The van der Waals surface area contributed by atoms with Crippen LogP contribution in [0, 0.1) is 24.0 Å². The van der Waals surface area contributed by atoms with Gasteiger partial charge in [0.15, 0.2) is 5.78 Å². The van der Waals surface area contributed by atoms with E-state index in [-0.39, 0.29) is 16.9 Å². The first-order valence-corrected chi connectivity index (χ1v) is 5.65. The first kappa shape index (κ1) is 14.5. The molecule has 0 saturated heterocycles. The molecule has 0 bridgehead atoms. The van der Waals surface area contributed by atoms with Gasteiger partial charge in [0.2, 0.25) is 0 Å². The van der Waals surface area contributed by atoms with E-state index in [9.17, 15) is 18.4 Å². The van der Waals surface area contributed by atoms with Crippen LogP contribution in [0.5, 0.6) is 0 Å². The van der Waals surface area contributed by atoms with Crippen LogP contribution in [-0.4, -0.2) is 11.6 Å². The number of rotatable bonds is 3. The Morgan fingerprint density at radius 3 is 2.17 bits per heavy atom. The number of carbonyl (C=O) groups excluding carboxylic acids is 2. The molecule has 0 amide bonds. The van der Waals surface area contributed by atoms with Crippen molar-refractivity contribution in [2.75, 3.05) is 0 Å². The number of ketones is 2. The molecule has 0 atom stereocenters. The summed E-state index contributed by atoms with van der Waals surface area (Å²) in [4.78, 5) is 23.4. The van der Waals surface area contributed by atoms with Crippen LogP contribution in [-0.2, 0) is 4.79 Å². The second kappa shape index (κ2) is 4.96. The van der Waals surface area contributed by atoms with E-state index in [1.807, 2.05) is 0 Å². The van der Waals surface area contributed by atoms with E-state index >= 15 is 0 Å². The third-order valence-corrected chi connectivity index (χ3v) is 2.71. The van der Waals surface area contributed by atoms with Crippen LogP contribution in [0.4, 0.5) is 8.78 Å². The van der Waals surface area contributed by atoms with E-state index in [1.165, 1.54) is 6.92 Å². The van der Waals surface area contributed by atoms with Crippen molar-refractivity contribution in [2.24, 2.45) is 5.41 Å². The quantitative estimate of drug-likeness (QED) is 0.611. The molecule has 4 heteroatoms. The average molecular weight is 254 g/mol. The van der Waals surface area contributed by atoms with Crippen molar-refractivity contribution in [3.8, 4) is 0 Å². The lowest BCUT2D eigenvalue weighted by Crippen LogP contribution is -2.23. The third-order valence-electron chi connectivity index (χ3n) is 2.71. The molecule has 0 radical (unpaired) electrons. The molecule has 0 aliphatic carbocycles. The fourth-order valence-electron chi connectivity index (χ4n) is 1.37. The lowest BCUT2D eigenvalue weighted by Gasteiger charge is -2.15. The molecule has 2 nitrogen and oxygen atoms in total. The molecule has 18 heavy (non-hydrogen) atoms. The first-order valence-electron chi connectivity index (χ1n) is 5.65. The highest BCUT2D eigenvalue weighted by Crippen LogP contribution is 2.20. The van der Waals surface area contributed by atoms with E-state index in [2.05, 4.69) is 0 Å². The predicted octanol–water partition coefficient (Wildman–Crippen LogP) is 3.46. The molecule has 0 spiro atoms. The van der Waals surface area contributed by atoms with Crippen molar-refractivity contribution >= 4 is 11.6 Å². The molecule has 0 aliphatic rings. The number of hydrogen-bond acceptors (Lipinski definition) is 2. The van der Waals surface area contributed by atoms with E-state index in [0.29, 0.717) is 0 Å². The van der Waals surface area contributed by atoms with Crippen molar-refractivity contribution in [3.63, 3.8) is 0 Å². The molecule has 0 saturated carbocycles. The topological polar surface area (TPSA) is 34.1 Å². The number of halogens is 2. The summed E-state index contributed by atoms with van der Waals surface area (Å²) < 4.78 is 26.8. The maximum absolute atomic E-state index is 13.5. The molecular weight excluding hydrogens is 238 g/mol. The minimum atomic E-state index is -0.791. The molecule has 0 aliphatic heterocycles. The zero-order valence-corrected chi connectivity index (χ0v) is 10.9. The van der Waals surface area contributed by atoms with E-state index in [4.69, 9.17) is 0 Å². The largest absolute Gasteiger partial charge is 0.299 e. The highest BCUT2D eigenvalue weighted by atomic mass is 19.1. The van der Waals surface area contributed by atoms with Gasteiger partial charge in [0.25, 0.3) is 0 Å². The molecule has 98 valence electrons. The van der Waals surface area contributed by atoms with Gasteiger partial charge in [0.1, 0.15) is 17.4 Å². The number of carbonyl (C=O) groups is 2. The Kier molecular flexibility index (Phi) is 3.99. The Labute approximate surface area is 105 Å². The lowest BCUT2D eigenvalue weighted by atomic mass is 9.87. The number of aryl methyl sites for hydroxylation is 1. The van der Waals surface area contributed by atoms with Crippen molar-refractivity contribution < 1.29 is 18.4 Å². The molecule has 0 unspecified atom stereocenters. The Hall–Kier alpha value is -1.58. The standard InChI is InChI=1S/C14H16F2O2/c1-8-5-11(16)9(6-10(8)15)12(17)7-13(18)14(2,3)4/h5-6H,7H2,1-4H3. The van der Waals surface area contributed by atoms with Crippen LogP contribution in [0.2, 0.25) is 0 Å². The normalized spacial score (nSPS) is 11.4. The first-order chi connectivity index (χ1) is 8.12. The Bertz CT molecular complexity index is 499. The summed E-state index contributed by atoms with van der Waals surface area (Å²) in [6.07, 6.45) is -0.414. The summed E-state index contributed by atoms with van der Waals surface area (Å²) in [5.41, 5.74) is -0.906. The predicted molar refractivity (Wildman–Crippen MR) is 64.5 cm³/mol. The zero-order valence-electron chi connectivity index (χ0n) is 10.9. The van der Waals surface area contributed by atoms with Gasteiger partial charge in [-0.15, -0.1) is 0 Å². The minimum absolute atomic E-state index is 0.131. The summed E-state index contributed by atoms with van der Waals surface area (Å²) in [7, 11) is 0. The van der Waals surface area contributed by atoms with Crippen molar-refractivity contribution in [2.45, 2.75) is 34.1 Å². The Balaban J connectivity index is 2.99. The SMILES string of the molecule is Cc1cc(F)c(C(=O)CC(=O)C(C)(C)C)cc1F. The van der Waals surface area contributed by atoms with Gasteiger partial charge < -0.3 is 0 Å². The summed E-state index contributed by atoms with van der Waals surface area (Å²) in [5.74, 6) is -2.43. The van der Waals surface area contributed by atoms with Gasteiger partial charge in [-0.2, -0.15) is 0 Å². The third kappa shape index (κ3) is 3.22. The molecule has 0 fully saturated rings. The number of Topliss-reactive ketones (excluding diaryl/α,β-unsaturated/α-hetero) is 2. The Morgan fingerprint density at radius 2 is 1.67 bits per heavy atom. The zero-order chi connectivity index (χ0) is 14.1. The summed E-state index contributed by atoms with van der Waals surface area (Å²) in [6.45, 7) is 6.44. The van der Waals surface area contributed by atoms with Gasteiger partial charge in [-0.3, -0.25) is 9.59 Å². The van der Waals surface area contributed by atoms with Gasteiger partial charge in [-0.1, -0.05) is 20.8 Å². The summed E-state index contributed by atoms with van der Waals surface area (Å²) in [5, 5.41) is 0. The second-order valence-corrected chi connectivity index (χ2v) is 5.35. The monoisotopic (exact) mass is 254 g/mol. The molecule has 1 rings (SSSR count). The maximum atomic E-state index is 13.5. The second-order valence-electron chi connectivity index (χ2n) is 5.35. The van der Waals surface area contributed by atoms with E-state index in [0.717, 1.165) is 12.1 Å². The Morgan fingerprint density at radius 1 is 1.11 bits per heavy atom. The molecule has 1 aromatic carbocycles. The molecule has 0 N–H and O–H groups in total. The van der Waals surface area contributed by atoms with Gasteiger partial charge in [0, 0.05) is 5.41 Å². The van der Waals surface area contributed by atoms with Crippen LogP contribution in [0.25, 0.3) is 0 Å². The fourth-order valence-corrected chi connectivity index (χ4v) is 1.37. The van der Waals surface area contributed by atoms with E-state index in [1.54, 1.807) is 20.8 Å². The van der Waals surface area contributed by atoms with Crippen LogP contribution in [0.15, 0.2) is 12.1 Å². The van der Waals surface area contributed by atoms with E-state index < -0.39 is 29.3 Å². The summed E-state index contributed by atoms with van der Waals surface area (Å²) in [6, 6.07) is 1.81. The molecule has 1 aromatic rings. The fraction of sp³-hybridized carbons (Fsp3) is 0.429. The number of hydrogen-bond donors (Lipinski definition) is 0. The van der Waals surface area contributed by atoms with Gasteiger partial charge >= 0.3 is 0 Å². The van der Waals surface area contributed by atoms with Crippen LogP contribution in [0.1, 0.15) is 43.1 Å². The smallest absolute Gasteiger partial charge is 0.173 e. The van der Waals surface area contributed by atoms with Gasteiger partial charge in [0.05, 0.1) is 12.0 Å². The van der Waals surface area contributed by atoms with Crippen LogP contribution >= 0.6 is 0 Å². The van der Waals surface area contributed by atoms with Crippen LogP contribution < -0.4 is 0 Å². The average Bonchev–Trinajstić information content (AvgIpc) is 2.21. The van der Waals surface area contributed by atoms with Crippen molar-refractivity contribution in [3.05, 3.63) is 34.9 Å².